The van der Waals surface area contributed by atoms with Gasteiger partial charge in [-0.3, -0.25) is 4.68 Å². The molecule has 1 heterocycles. The number of rotatable bonds is 3. The number of hydrogen-bond donors (Lipinski definition) is 1. The van der Waals surface area contributed by atoms with Crippen LogP contribution in [-0.2, 0) is 13.6 Å². The van der Waals surface area contributed by atoms with Crippen LogP contribution < -0.4 is 5.32 Å². The first-order valence-electron chi connectivity index (χ1n) is 4.93. The van der Waals surface area contributed by atoms with E-state index in [4.69, 9.17) is 34.8 Å². The maximum absolute atomic E-state index is 6.09. The Bertz CT molecular complexity index is 537. The van der Waals surface area contributed by atoms with Crippen molar-refractivity contribution in [1.29, 1.82) is 0 Å². The molecule has 1 N–H and O–H groups in total. The van der Waals surface area contributed by atoms with Crippen LogP contribution in [0.3, 0.4) is 0 Å². The molecule has 3 nitrogen and oxygen atoms in total. The first-order chi connectivity index (χ1) is 8.08. The molecule has 0 unspecified atom stereocenters. The van der Waals surface area contributed by atoms with E-state index in [0.29, 0.717) is 21.6 Å². The smallest absolute Gasteiger partial charge is 0.0729 e. The molecule has 0 aliphatic heterocycles. The molecule has 0 amide bonds. The first kappa shape index (κ1) is 12.6. The van der Waals surface area contributed by atoms with Crippen molar-refractivity contribution in [3.05, 3.63) is 45.2 Å². The van der Waals surface area contributed by atoms with Gasteiger partial charge in [-0.25, -0.2) is 0 Å². The molecular formula is C11H10Cl3N3. The molecule has 0 fully saturated rings. The van der Waals surface area contributed by atoms with Crippen LogP contribution in [0.2, 0.25) is 15.1 Å². The number of nitrogens with zero attached hydrogens (tertiary/aromatic N) is 2. The normalized spacial score (nSPS) is 10.6. The topological polar surface area (TPSA) is 29.9 Å². The fourth-order valence-corrected chi connectivity index (χ4v) is 2.12. The van der Waals surface area contributed by atoms with Crippen LogP contribution >= 0.6 is 34.8 Å². The molecule has 0 atom stereocenters. The predicted octanol–water partition coefficient (Wildman–Crippen LogP) is 3.99. The van der Waals surface area contributed by atoms with Crippen LogP contribution in [-0.4, -0.2) is 9.78 Å². The van der Waals surface area contributed by atoms with Crippen LogP contribution in [0.15, 0.2) is 24.5 Å². The minimum absolute atomic E-state index is 0.482. The molecule has 0 aliphatic carbocycles. The number of nitrogens with one attached hydrogen (secondary N) is 1. The van der Waals surface area contributed by atoms with E-state index >= 15 is 0 Å². The lowest BCUT2D eigenvalue weighted by molar-refractivity contribution is 0.768. The number of aryl methyl sites for hydroxylation is 1. The second-order valence-electron chi connectivity index (χ2n) is 3.58. The average molecular weight is 291 g/mol. The Balaban J connectivity index is 2.16. The zero-order chi connectivity index (χ0) is 12.4. The van der Waals surface area contributed by atoms with Gasteiger partial charge in [-0.15, -0.1) is 0 Å². The quantitative estimate of drug-likeness (QED) is 0.866. The SMILES string of the molecule is Cn1cc(NCc2c(Cl)ccc(Cl)c2Cl)cn1. The molecule has 0 spiro atoms. The Kier molecular flexibility index (Phi) is 3.82. The van der Waals surface area contributed by atoms with E-state index in [1.165, 1.54) is 0 Å². The van der Waals surface area contributed by atoms with Crippen LogP contribution in [0.1, 0.15) is 5.56 Å². The van der Waals surface area contributed by atoms with E-state index in [0.717, 1.165) is 11.3 Å². The fraction of sp³-hybridized carbons (Fsp3) is 0.182. The molecule has 1 aromatic carbocycles. The highest BCUT2D eigenvalue weighted by atomic mass is 35.5. The van der Waals surface area contributed by atoms with E-state index in [1.807, 2.05) is 13.2 Å². The van der Waals surface area contributed by atoms with Crippen LogP contribution in [0, 0.1) is 0 Å². The Hall–Kier alpha value is -0.900. The van der Waals surface area contributed by atoms with E-state index in [2.05, 4.69) is 10.4 Å². The molecule has 0 bridgehead atoms. The maximum atomic E-state index is 6.09. The minimum Gasteiger partial charge on any atom is -0.378 e. The molecule has 2 rings (SSSR count). The second kappa shape index (κ2) is 5.17. The zero-order valence-electron chi connectivity index (χ0n) is 9.04. The van der Waals surface area contributed by atoms with Crippen molar-refractivity contribution in [1.82, 2.24) is 9.78 Å². The lowest BCUT2D eigenvalue weighted by atomic mass is 10.2. The van der Waals surface area contributed by atoms with Gasteiger partial charge in [-0.2, -0.15) is 5.10 Å². The number of benzene rings is 1. The summed E-state index contributed by atoms with van der Waals surface area (Å²) in [5.41, 5.74) is 1.68. The number of aromatic nitrogens is 2. The Morgan fingerprint density at radius 1 is 1.24 bits per heavy atom. The van der Waals surface area contributed by atoms with Gasteiger partial charge in [0.1, 0.15) is 0 Å². The lowest BCUT2D eigenvalue weighted by Crippen LogP contribution is -2.00. The molecule has 6 heteroatoms. The van der Waals surface area contributed by atoms with E-state index in [1.54, 1.807) is 23.0 Å². The van der Waals surface area contributed by atoms with Crippen molar-refractivity contribution in [3.63, 3.8) is 0 Å². The van der Waals surface area contributed by atoms with E-state index in [9.17, 15) is 0 Å². The third-order valence-electron chi connectivity index (χ3n) is 2.31. The third-order valence-corrected chi connectivity index (χ3v) is 3.51. The molecule has 0 saturated heterocycles. The summed E-state index contributed by atoms with van der Waals surface area (Å²) in [5, 5.41) is 8.81. The molecule has 17 heavy (non-hydrogen) atoms. The van der Waals surface area contributed by atoms with E-state index < -0.39 is 0 Å². The maximum Gasteiger partial charge on any atom is 0.0729 e. The molecule has 2 aromatic rings. The summed E-state index contributed by atoms with van der Waals surface area (Å²) in [7, 11) is 1.85. The Morgan fingerprint density at radius 2 is 1.94 bits per heavy atom. The third kappa shape index (κ3) is 2.86. The first-order valence-corrected chi connectivity index (χ1v) is 6.06. The number of hydrogen-bond acceptors (Lipinski definition) is 2. The summed E-state index contributed by atoms with van der Waals surface area (Å²) in [4.78, 5) is 0. The number of halogens is 3. The molecule has 0 radical (unpaired) electrons. The highest BCUT2D eigenvalue weighted by molar-refractivity contribution is 6.44. The highest BCUT2D eigenvalue weighted by Gasteiger charge is 2.09. The largest absolute Gasteiger partial charge is 0.378 e. The Morgan fingerprint density at radius 3 is 2.59 bits per heavy atom. The van der Waals surface area contributed by atoms with Gasteiger partial charge < -0.3 is 5.32 Å². The summed E-state index contributed by atoms with van der Waals surface area (Å²) in [6.07, 6.45) is 3.60. The van der Waals surface area contributed by atoms with Crippen molar-refractivity contribution in [2.24, 2.45) is 7.05 Å². The van der Waals surface area contributed by atoms with Crippen LogP contribution in [0.25, 0.3) is 0 Å². The van der Waals surface area contributed by atoms with Gasteiger partial charge in [-0.05, 0) is 12.1 Å². The van der Waals surface area contributed by atoms with Gasteiger partial charge in [0, 0.05) is 30.4 Å². The minimum atomic E-state index is 0.482. The van der Waals surface area contributed by atoms with Gasteiger partial charge in [0.2, 0.25) is 0 Å². The fourth-order valence-electron chi connectivity index (χ4n) is 1.43. The summed E-state index contributed by atoms with van der Waals surface area (Å²) >= 11 is 18.1. The predicted molar refractivity (Wildman–Crippen MR) is 72.0 cm³/mol. The second-order valence-corrected chi connectivity index (χ2v) is 4.77. The van der Waals surface area contributed by atoms with Crippen molar-refractivity contribution < 1.29 is 0 Å². The monoisotopic (exact) mass is 289 g/mol. The molecule has 1 aromatic heterocycles. The van der Waals surface area contributed by atoms with Crippen LogP contribution in [0.5, 0.6) is 0 Å². The van der Waals surface area contributed by atoms with Crippen molar-refractivity contribution >= 4 is 40.5 Å². The summed E-state index contributed by atoms with van der Waals surface area (Å²) < 4.78 is 1.71. The summed E-state index contributed by atoms with van der Waals surface area (Å²) in [5.74, 6) is 0. The van der Waals surface area contributed by atoms with Crippen molar-refractivity contribution in [2.75, 3.05) is 5.32 Å². The summed E-state index contributed by atoms with van der Waals surface area (Å²) in [6.45, 7) is 0.504. The van der Waals surface area contributed by atoms with Gasteiger partial charge in [0.25, 0.3) is 0 Å². The molecule has 0 aliphatic rings. The summed E-state index contributed by atoms with van der Waals surface area (Å²) in [6, 6.07) is 3.41. The van der Waals surface area contributed by atoms with Gasteiger partial charge in [0.05, 0.1) is 21.9 Å². The molecule has 0 saturated carbocycles. The van der Waals surface area contributed by atoms with Crippen molar-refractivity contribution in [3.8, 4) is 0 Å². The van der Waals surface area contributed by atoms with Crippen molar-refractivity contribution in [2.45, 2.75) is 6.54 Å². The van der Waals surface area contributed by atoms with Gasteiger partial charge in [-0.1, -0.05) is 34.8 Å². The van der Waals surface area contributed by atoms with Gasteiger partial charge in [0.15, 0.2) is 0 Å². The van der Waals surface area contributed by atoms with Gasteiger partial charge >= 0.3 is 0 Å². The highest BCUT2D eigenvalue weighted by Crippen LogP contribution is 2.31. The standard InChI is InChI=1S/C11H10Cl3N3/c1-17-6-7(4-16-17)15-5-8-9(12)2-3-10(13)11(8)14/h2-4,6,15H,5H2,1H3. The molecule has 90 valence electrons. The number of anilines is 1. The van der Waals surface area contributed by atoms with E-state index in [-0.39, 0.29) is 0 Å². The lowest BCUT2D eigenvalue weighted by Gasteiger charge is -2.09. The van der Waals surface area contributed by atoms with Crippen LogP contribution in [0.4, 0.5) is 5.69 Å². The average Bonchev–Trinajstić information content (AvgIpc) is 2.70. The molecular weight excluding hydrogens is 281 g/mol. The zero-order valence-corrected chi connectivity index (χ0v) is 11.3. The Labute approximate surface area is 114 Å².